The zero-order valence-electron chi connectivity index (χ0n) is 13.9. The number of aryl methyl sites for hydroxylation is 2. The highest BCUT2D eigenvalue weighted by Gasteiger charge is 2.20. The summed E-state index contributed by atoms with van der Waals surface area (Å²) >= 11 is 1.50. The zero-order chi connectivity index (χ0) is 16.3. The summed E-state index contributed by atoms with van der Waals surface area (Å²) in [6.07, 6.45) is 2.85. The van der Waals surface area contributed by atoms with Crippen LogP contribution in [0.5, 0.6) is 0 Å². The number of hydrogen-bond acceptors (Lipinski definition) is 4. The van der Waals surface area contributed by atoms with Crippen molar-refractivity contribution in [1.29, 1.82) is 0 Å². The fourth-order valence-corrected chi connectivity index (χ4v) is 3.17. The van der Waals surface area contributed by atoms with Gasteiger partial charge in [0.2, 0.25) is 0 Å². The predicted molar refractivity (Wildman–Crippen MR) is 90.4 cm³/mol. The number of pyridine rings is 1. The van der Waals surface area contributed by atoms with Crippen molar-refractivity contribution in [2.24, 2.45) is 0 Å². The molecular formula is C17H23N3OS. The Bertz CT molecular complexity index is 646. The molecule has 0 aromatic carbocycles. The maximum Gasteiger partial charge on any atom is 0.265 e. The number of thiazole rings is 1. The van der Waals surface area contributed by atoms with E-state index in [1.54, 1.807) is 4.90 Å². The molecule has 2 rings (SSSR count). The van der Waals surface area contributed by atoms with Crippen LogP contribution in [0.2, 0.25) is 0 Å². The third-order valence-electron chi connectivity index (χ3n) is 3.54. The van der Waals surface area contributed by atoms with E-state index >= 15 is 0 Å². The lowest BCUT2D eigenvalue weighted by Gasteiger charge is -2.16. The van der Waals surface area contributed by atoms with Gasteiger partial charge in [-0.2, -0.15) is 0 Å². The molecule has 2 aromatic heterocycles. The Morgan fingerprint density at radius 3 is 2.59 bits per heavy atom. The van der Waals surface area contributed by atoms with Crippen molar-refractivity contribution < 1.29 is 4.79 Å². The molecule has 5 heteroatoms. The molecule has 0 unspecified atom stereocenters. The van der Waals surface area contributed by atoms with Crippen molar-refractivity contribution in [3.63, 3.8) is 0 Å². The summed E-state index contributed by atoms with van der Waals surface area (Å²) in [5.41, 5.74) is 2.93. The van der Waals surface area contributed by atoms with Crippen molar-refractivity contribution in [3.05, 3.63) is 45.2 Å². The first kappa shape index (κ1) is 16.6. The highest BCUT2D eigenvalue weighted by molar-refractivity contribution is 7.13. The van der Waals surface area contributed by atoms with E-state index in [-0.39, 0.29) is 5.91 Å². The van der Waals surface area contributed by atoms with Crippen LogP contribution in [0.1, 0.15) is 58.3 Å². The SMILES string of the molecule is CCc1ccc(CN(C)C(=O)c2sc(C(C)C)nc2C)nc1. The molecule has 0 spiro atoms. The Labute approximate surface area is 136 Å². The van der Waals surface area contributed by atoms with Crippen LogP contribution in [0.15, 0.2) is 18.3 Å². The van der Waals surface area contributed by atoms with Gasteiger partial charge >= 0.3 is 0 Å². The lowest BCUT2D eigenvalue weighted by molar-refractivity contribution is 0.0787. The number of nitrogens with zero attached hydrogens (tertiary/aromatic N) is 3. The molecular weight excluding hydrogens is 294 g/mol. The summed E-state index contributed by atoms with van der Waals surface area (Å²) in [4.78, 5) is 24.0. The number of carbonyl (C=O) groups is 1. The molecule has 0 atom stereocenters. The highest BCUT2D eigenvalue weighted by atomic mass is 32.1. The first-order valence-electron chi connectivity index (χ1n) is 7.59. The first-order valence-corrected chi connectivity index (χ1v) is 8.40. The minimum absolute atomic E-state index is 0.0169. The van der Waals surface area contributed by atoms with E-state index in [1.807, 2.05) is 26.2 Å². The standard InChI is InChI=1S/C17H23N3OS/c1-6-13-7-8-14(18-9-13)10-20(5)17(21)15-12(4)19-16(22-15)11(2)3/h7-9,11H,6,10H2,1-5H3. The van der Waals surface area contributed by atoms with Crippen molar-refractivity contribution in [3.8, 4) is 0 Å². The smallest absolute Gasteiger partial charge is 0.265 e. The molecule has 0 aliphatic rings. The van der Waals surface area contributed by atoms with E-state index in [0.29, 0.717) is 12.5 Å². The quantitative estimate of drug-likeness (QED) is 0.842. The second-order valence-corrected chi connectivity index (χ2v) is 6.82. The average Bonchev–Trinajstić information content (AvgIpc) is 2.89. The molecule has 0 aliphatic carbocycles. The van der Waals surface area contributed by atoms with Gasteiger partial charge in [-0.15, -0.1) is 11.3 Å². The number of aromatic nitrogens is 2. The third-order valence-corrected chi connectivity index (χ3v) is 4.99. The maximum atomic E-state index is 12.6. The van der Waals surface area contributed by atoms with Crippen LogP contribution in [0, 0.1) is 6.92 Å². The second kappa shape index (κ2) is 7.01. The van der Waals surface area contributed by atoms with Crippen LogP contribution in [-0.4, -0.2) is 27.8 Å². The van der Waals surface area contributed by atoms with Gasteiger partial charge in [-0.25, -0.2) is 4.98 Å². The Hall–Kier alpha value is -1.75. The summed E-state index contributed by atoms with van der Waals surface area (Å²) in [6, 6.07) is 4.05. The summed E-state index contributed by atoms with van der Waals surface area (Å²) in [6.45, 7) is 8.70. The Morgan fingerprint density at radius 1 is 1.36 bits per heavy atom. The molecule has 2 heterocycles. The molecule has 2 aromatic rings. The van der Waals surface area contributed by atoms with E-state index in [4.69, 9.17) is 0 Å². The molecule has 0 N–H and O–H groups in total. The van der Waals surface area contributed by atoms with Crippen molar-refractivity contribution in [2.75, 3.05) is 7.05 Å². The second-order valence-electron chi connectivity index (χ2n) is 5.79. The van der Waals surface area contributed by atoms with E-state index in [1.165, 1.54) is 16.9 Å². The lowest BCUT2D eigenvalue weighted by atomic mass is 10.2. The number of hydrogen-bond donors (Lipinski definition) is 0. The molecule has 22 heavy (non-hydrogen) atoms. The van der Waals surface area contributed by atoms with E-state index < -0.39 is 0 Å². The van der Waals surface area contributed by atoms with Gasteiger partial charge in [-0.1, -0.05) is 26.8 Å². The Morgan fingerprint density at radius 2 is 2.09 bits per heavy atom. The molecule has 1 amide bonds. The van der Waals surface area contributed by atoms with E-state index in [0.717, 1.165) is 27.7 Å². The van der Waals surface area contributed by atoms with Gasteiger partial charge in [-0.3, -0.25) is 9.78 Å². The van der Waals surface area contributed by atoms with Crippen LogP contribution >= 0.6 is 11.3 Å². The van der Waals surface area contributed by atoms with Gasteiger partial charge in [0, 0.05) is 19.2 Å². The van der Waals surface area contributed by atoms with Crippen molar-refractivity contribution in [1.82, 2.24) is 14.9 Å². The molecule has 0 radical (unpaired) electrons. The maximum absolute atomic E-state index is 12.6. The summed E-state index contributed by atoms with van der Waals surface area (Å²) in [7, 11) is 1.81. The van der Waals surface area contributed by atoms with Gasteiger partial charge in [0.15, 0.2) is 0 Å². The summed E-state index contributed by atoms with van der Waals surface area (Å²) in [5.74, 6) is 0.363. The summed E-state index contributed by atoms with van der Waals surface area (Å²) < 4.78 is 0. The molecule has 0 saturated carbocycles. The fraction of sp³-hybridized carbons (Fsp3) is 0.471. The van der Waals surface area contributed by atoms with Crippen LogP contribution in [0.25, 0.3) is 0 Å². The van der Waals surface area contributed by atoms with E-state index in [9.17, 15) is 4.79 Å². The average molecular weight is 317 g/mol. The fourth-order valence-electron chi connectivity index (χ4n) is 2.11. The monoisotopic (exact) mass is 317 g/mol. The topological polar surface area (TPSA) is 46.1 Å². The van der Waals surface area contributed by atoms with Crippen LogP contribution in [0.3, 0.4) is 0 Å². The highest BCUT2D eigenvalue weighted by Crippen LogP contribution is 2.25. The van der Waals surface area contributed by atoms with Crippen LogP contribution in [0.4, 0.5) is 0 Å². The van der Waals surface area contributed by atoms with Crippen LogP contribution < -0.4 is 0 Å². The van der Waals surface area contributed by atoms with Gasteiger partial charge in [0.05, 0.1) is 22.9 Å². The van der Waals surface area contributed by atoms with Crippen molar-refractivity contribution in [2.45, 2.75) is 46.6 Å². The van der Waals surface area contributed by atoms with E-state index in [2.05, 4.69) is 36.8 Å². The van der Waals surface area contributed by atoms with Gasteiger partial charge in [0.1, 0.15) is 4.88 Å². The largest absolute Gasteiger partial charge is 0.335 e. The number of carbonyl (C=O) groups excluding carboxylic acids is 1. The zero-order valence-corrected chi connectivity index (χ0v) is 14.7. The normalized spacial score (nSPS) is 11.0. The molecule has 0 aliphatic heterocycles. The minimum Gasteiger partial charge on any atom is -0.335 e. The van der Waals surface area contributed by atoms with Gasteiger partial charge in [0.25, 0.3) is 5.91 Å². The number of rotatable bonds is 5. The lowest BCUT2D eigenvalue weighted by Crippen LogP contribution is -2.26. The molecule has 0 saturated heterocycles. The minimum atomic E-state index is 0.0169. The molecule has 0 bridgehead atoms. The molecule has 118 valence electrons. The molecule has 4 nitrogen and oxygen atoms in total. The molecule has 0 fully saturated rings. The van der Waals surface area contributed by atoms with Crippen LogP contribution in [-0.2, 0) is 13.0 Å². The number of amides is 1. The first-order chi connectivity index (χ1) is 10.4. The Balaban J connectivity index is 2.11. The predicted octanol–water partition coefficient (Wildman–Crippen LogP) is 3.80. The van der Waals surface area contributed by atoms with Gasteiger partial charge in [-0.05, 0) is 25.0 Å². The van der Waals surface area contributed by atoms with Gasteiger partial charge < -0.3 is 4.90 Å². The Kier molecular flexibility index (Phi) is 5.29. The third kappa shape index (κ3) is 3.71. The summed E-state index contributed by atoms with van der Waals surface area (Å²) in [5, 5.41) is 1.01. The van der Waals surface area contributed by atoms with Crippen molar-refractivity contribution >= 4 is 17.2 Å².